The van der Waals surface area contributed by atoms with E-state index >= 15 is 0 Å². The first-order valence-electron chi connectivity index (χ1n) is 7.02. The van der Waals surface area contributed by atoms with Crippen LogP contribution in [0.2, 0.25) is 5.02 Å². The molecule has 0 aliphatic carbocycles. The van der Waals surface area contributed by atoms with E-state index in [0.29, 0.717) is 17.3 Å². The van der Waals surface area contributed by atoms with Crippen LogP contribution < -0.4 is 15.4 Å². The van der Waals surface area contributed by atoms with Crippen LogP contribution in [0, 0.1) is 0 Å². The molecule has 2 aromatic rings. The Morgan fingerprint density at radius 3 is 2.82 bits per heavy atom. The molecule has 0 aliphatic rings. The number of benzene rings is 1. The van der Waals surface area contributed by atoms with Crippen molar-refractivity contribution in [2.75, 3.05) is 20.7 Å². The van der Waals surface area contributed by atoms with Crippen LogP contribution in [0.25, 0.3) is 0 Å². The minimum atomic E-state index is 0.600. The third-order valence-electron chi connectivity index (χ3n) is 3.14. The van der Waals surface area contributed by atoms with Crippen molar-refractivity contribution in [2.45, 2.75) is 13.0 Å². The topological polar surface area (TPSA) is 58.8 Å². The highest BCUT2D eigenvalue weighted by Gasteiger charge is 2.03. The summed E-state index contributed by atoms with van der Waals surface area (Å²) in [6.45, 7) is 1.38. The van der Waals surface area contributed by atoms with E-state index in [-0.39, 0.29) is 0 Å². The van der Waals surface area contributed by atoms with Crippen molar-refractivity contribution in [3.63, 3.8) is 0 Å². The van der Waals surface area contributed by atoms with Crippen LogP contribution in [0.4, 0.5) is 0 Å². The van der Waals surface area contributed by atoms with Crippen molar-refractivity contribution >= 4 is 17.6 Å². The van der Waals surface area contributed by atoms with Crippen LogP contribution in [0.15, 0.2) is 46.0 Å². The number of nitrogens with one attached hydrogen (secondary N) is 2. The summed E-state index contributed by atoms with van der Waals surface area (Å²) in [7, 11) is 3.34. The lowest BCUT2D eigenvalue weighted by molar-refractivity contribution is 0.415. The van der Waals surface area contributed by atoms with E-state index in [4.69, 9.17) is 20.8 Å². The van der Waals surface area contributed by atoms with Crippen molar-refractivity contribution in [2.24, 2.45) is 4.99 Å². The molecule has 1 aromatic carbocycles. The van der Waals surface area contributed by atoms with Crippen LogP contribution in [-0.2, 0) is 13.0 Å². The fraction of sp³-hybridized carbons (Fsp3) is 0.312. The summed E-state index contributed by atoms with van der Waals surface area (Å²) in [5.41, 5.74) is 1.06. The zero-order valence-electron chi connectivity index (χ0n) is 12.7. The predicted octanol–water partition coefficient (Wildman–Crippen LogP) is 2.85. The van der Waals surface area contributed by atoms with E-state index in [2.05, 4.69) is 15.6 Å². The van der Waals surface area contributed by atoms with Gasteiger partial charge in [0, 0.05) is 26.6 Å². The molecule has 0 radical (unpaired) electrons. The summed E-state index contributed by atoms with van der Waals surface area (Å²) >= 11 is 6.11. The van der Waals surface area contributed by atoms with Gasteiger partial charge in [0.1, 0.15) is 11.5 Å². The highest BCUT2D eigenvalue weighted by atomic mass is 35.5. The first kappa shape index (κ1) is 16.2. The molecule has 0 bridgehead atoms. The summed E-state index contributed by atoms with van der Waals surface area (Å²) in [6.07, 6.45) is 2.48. The molecule has 1 aromatic heterocycles. The molecule has 5 nitrogen and oxygen atoms in total. The fourth-order valence-electron chi connectivity index (χ4n) is 1.99. The second-order valence-electron chi connectivity index (χ2n) is 4.65. The van der Waals surface area contributed by atoms with Crippen molar-refractivity contribution in [3.05, 3.63) is 52.9 Å². The van der Waals surface area contributed by atoms with Gasteiger partial charge in [0.15, 0.2) is 5.96 Å². The Morgan fingerprint density at radius 1 is 1.32 bits per heavy atom. The zero-order valence-corrected chi connectivity index (χ0v) is 13.5. The molecule has 2 N–H and O–H groups in total. The number of rotatable bonds is 6. The van der Waals surface area contributed by atoms with E-state index in [0.717, 1.165) is 30.2 Å². The molecule has 0 amide bonds. The molecule has 0 unspecified atom stereocenters. The Hall–Kier alpha value is -2.14. The maximum Gasteiger partial charge on any atom is 0.191 e. The number of methoxy groups -OCH3 is 1. The van der Waals surface area contributed by atoms with Crippen molar-refractivity contribution in [3.8, 4) is 5.75 Å². The van der Waals surface area contributed by atoms with Crippen molar-refractivity contribution in [1.29, 1.82) is 0 Å². The smallest absolute Gasteiger partial charge is 0.191 e. The molecule has 0 saturated carbocycles. The van der Waals surface area contributed by atoms with Gasteiger partial charge in [-0.1, -0.05) is 17.7 Å². The average molecular weight is 322 g/mol. The van der Waals surface area contributed by atoms with Crippen LogP contribution >= 0.6 is 11.6 Å². The monoisotopic (exact) mass is 321 g/mol. The van der Waals surface area contributed by atoms with Crippen LogP contribution in [-0.4, -0.2) is 26.7 Å². The van der Waals surface area contributed by atoms with Gasteiger partial charge >= 0.3 is 0 Å². The van der Waals surface area contributed by atoms with Gasteiger partial charge in [0.2, 0.25) is 0 Å². The normalized spacial score (nSPS) is 11.3. The molecule has 22 heavy (non-hydrogen) atoms. The van der Waals surface area contributed by atoms with Crippen LogP contribution in [0.5, 0.6) is 5.75 Å². The highest BCUT2D eigenvalue weighted by Crippen LogP contribution is 2.24. The number of ether oxygens (including phenoxy) is 1. The molecule has 2 rings (SSSR count). The van der Waals surface area contributed by atoms with Gasteiger partial charge in [-0.25, -0.2) is 0 Å². The summed E-state index contributed by atoms with van der Waals surface area (Å²) < 4.78 is 10.4. The molecule has 0 spiro atoms. The number of aliphatic imine (C=N–C) groups is 1. The second-order valence-corrected chi connectivity index (χ2v) is 5.06. The molecule has 118 valence electrons. The van der Waals surface area contributed by atoms with Gasteiger partial charge in [0.25, 0.3) is 0 Å². The Bertz CT molecular complexity index is 612. The van der Waals surface area contributed by atoms with Gasteiger partial charge in [-0.3, -0.25) is 4.99 Å². The largest absolute Gasteiger partial charge is 0.495 e. The Morgan fingerprint density at radius 2 is 2.18 bits per heavy atom. The zero-order chi connectivity index (χ0) is 15.8. The molecular formula is C16H20ClN3O2. The summed E-state index contributed by atoms with van der Waals surface area (Å²) in [5.74, 6) is 2.36. The Balaban J connectivity index is 1.79. The van der Waals surface area contributed by atoms with Gasteiger partial charge in [0.05, 0.1) is 18.4 Å². The number of nitrogens with zero attached hydrogens (tertiary/aromatic N) is 1. The summed E-state index contributed by atoms with van der Waals surface area (Å²) in [4.78, 5) is 4.18. The van der Waals surface area contributed by atoms with E-state index < -0.39 is 0 Å². The van der Waals surface area contributed by atoms with Gasteiger partial charge in [-0.05, 0) is 29.8 Å². The first-order valence-corrected chi connectivity index (χ1v) is 7.40. The standard InChI is InChI=1S/C16H20ClN3O2/c1-18-16(19-8-7-13-4-3-9-22-13)20-11-12-5-6-15(21-2)14(17)10-12/h3-6,9-10H,7-8,11H2,1-2H3,(H2,18,19,20). The Kier molecular flexibility index (Phi) is 6.15. The molecular weight excluding hydrogens is 302 g/mol. The number of hydrogen-bond donors (Lipinski definition) is 2. The minimum Gasteiger partial charge on any atom is -0.495 e. The minimum absolute atomic E-state index is 0.600. The highest BCUT2D eigenvalue weighted by molar-refractivity contribution is 6.32. The predicted molar refractivity (Wildman–Crippen MR) is 88.6 cm³/mol. The molecule has 0 atom stereocenters. The van der Waals surface area contributed by atoms with E-state index in [1.54, 1.807) is 20.4 Å². The Labute approximate surface area is 135 Å². The van der Waals surface area contributed by atoms with Gasteiger partial charge in [-0.2, -0.15) is 0 Å². The summed E-state index contributed by atoms with van der Waals surface area (Å²) in [5, 5.41) is 7.08. The third-order valence-corrected chi connectivity index (χ3v) is 3.44. The van der Waals surface area contributed by atoms with Crippen molar-refractivity contribution < 1.29 is 9.15 Å². The number of halogens is 1. The molecule has 1 heterocycles. The lowest BCUT2D eigenvalue weighted by Gasteiger charge is -2.12. The SMILES string of the molecule is CN=C(NCCc1ccco1)NCc1ccc(OC)c(Cl)c1. The second kappa shape index (κ2) is 8.34. The summed E-state index contributed by atoms with van der Waals surface area (Å²) in [6, 6.07) is 9.54. The van der Waals surface area contributed by atoms with E-state index in [1.165, 1.54) is 0 Å². The van der Waals surface area contributed by atoms with Crippen LogP contribution in [0.1, 0.15) is 11.3 Å². The lowest BCUT2D eigenvalue weighted by atomic mass is 10.2. The lowest BCUT2D eigenvalue weighted by Crippen LogP contribution is -2.37. The maximum atomic E-state index is 6.11. The molecule has 6 heteroatoms. The maximum absolute atomic E-state index is 6.11. The number of furan rings is 1. The van der Waals surface area contributed by atoms with Gasteiger partial charge < -0.3 is 19.8 Å². The number of guanidine groups is 1. The molecule has 0 saturated heterocycles. The molecule has 0 fully saturated rings. The average Bonchev–Trinajstić information content (AvgIpc) is 3.04. The van der Waals surface area contributed by atoms with Crippen molar-refractivity contribution in [1.82, 2.24) is 10.6 Å². The number of hydrogen-bond acceptors (Lipinski definition) is 3. The molecule has 0 aliphatic heterocycles. The fourth-order valence-corrected chi connectivity index (χ4v) is 2.27. The van der Waals surface area contributed by atoms with Crippen LogP contribution in [0.3, 0.4) is 0 Å². The van der Waals surface area contributed by atoms with Gasteiger partial charge in [-0.15, -0.1) is 0 Å². The first-order chi connectivity index (χ1) is 10.7. The van der Waals surface area contributed by atoms with E-state index in [9.17, 15) is 0 Å². The quantitative estimate of drug-likeness (QED) is 0.634. The van der Waals surface area contributed by atoms with E-state index in [1.807, 2.05) is 30.3 Å². The third kappa shape index (κ3) is 4.70.